The van der Waals surface area contributed by atoms with Crippen molar-refractivity contribution in [3.63, 3.8) is 0 Å². The van der Waals surface area contributed by atoms with Crippen LogP contribution in [-0.2, 0) is 36.8 Å². The molecule has 8 heterocycles. The number of nitrogens with one attached hydrogen (secondary N) is 4. The van der Waals surface area contributed by atoms with Crippen molar-refractivity contribution in [2.45, 2.75) is 139 Å². The number of amides is 4. The first-order valence-electron chi connectivity index (χ1n) is 29.8. The highest BCUT2D eigenvalue weighted by Gasteiger charge is 2.57. The van der Waals surface area contributed by atoms with Crippen LogP contribution in [0.4, 0.5) is 56.3 Å². The number of anilines is 2. The Morgan fingerprint density at radius 1 is 0.656 bits per heavy atom. The summed E-state index contributed by atoms with van der Waals surface area (Å²) in [4.78, 5) is 71.7. The number of aromatic nitrogens is 2. The lowest BCUT2D eigenvalue weighted by Gasteiger charge is -2.48. The van der Waals surface area contributed by atoms with E-state index in [1.165, 1.54) is 18.3 Å². The van der Waals surface area contributed by atoms with Crippen LogP contribution in [0.15, 0.2) is 73.1 Å². The van der Waals surface area contributed by atoms with Crippen LogP contribution in [0.1, 0.15) is 75.6 Å². The Labute approximate surface area is 514 Å². The molecule has 0 radical (unpaired) electrons. The predicted molar refractivity (Wildman–Crippen MR) is 311 cm³/mol. The van der Waals surface area contributed by atoms with Gasteiger partial charge in [0.05, 0.1) is 68.6 Å². The lowest BCUT2D eigenvalue weighted by atomic mass is 9.82. The minimum Gasteiger partial charge on any atom is -0.465 e. The number of benzene rings is 2. The van der Waals surface area contributed by atoms with Crippen molar-refractivity contribution in [3.8, 4) is 23.0 Å². The number of methoxy groups -OCH3 is 1. The molecule has 6 N–H and O–H groups in total. The molecular weight excluding hydrogens is 1190 g/mol. The maximum absolute atomic E-state index is 16.6. The summed E-state index contributed by atoms with van der Waals surface area (Å²) in [6, 6.07) is 10.7. The van der Waals surface area contributed by atoms with Gasteiger partial charge in [0.25, 0.3) is 5.91 Å². The van der Waals surface area contributed by atoms with Crippen LogP contribution in [-0.4, -0.2) is 198 Å². The molecular formula is C62H73F8N11O9. The quantitative estimate of drug-likeness (QED) is 0.0321. The van der Waals surface area contributed by atoms with Gasteiger partial charge in [0.2, 0.25) is 5.91 Å². The SMILES string of the molecule is COC(=O)N[C@H](C(=O)N[C@@H](Cc1ccc(C#Cc2ccc(N3CC4CCC(C3)N4C3COC3)nc2)cc1)[C@@H](O)CN(Cc1c(F)cc(-c2ccc(N3CC4CCC(C3)N4C3COC3)nc2)cc1F)NC(=O)[C@@H](NC(=O)O)C(C)(C)C(F)(F)F)C(C)(C)C(F)(F)F. The summed E-state index contributed by atoms with van der Waals surface area (Å²) in [6.07, 6.45) is -9.06. The average Bonchev–Trinajstić information content (AvgIpc) is 1.30. The fraction of sp³-hybridized carbons (Fsp3) is 0.548. The maximum Gasteiger partial charge on any atom is 0.407 e. The number of carbonyl (C=O) groups is 4. The topological polar surface area (TPSA) is 227 Å². The first-order chi connectivity index (χ1) is 42.6. The summed E-state index contributed by atoms with van der Waals surface area (Å²) in [5.74, 6) is 1.90. The Bertz CT molecular complexity index is 3260. The number of carboxylic acid groups (broad SMARTS) is 1. The van der Waals surface area contributed by atoms with Crippen LogP contribution < -0.4 is 31.2 Å². The molecule has 4 amide bonds. The highest BCUT2D eigenvalue weighted by Crippen LogP contribution is 2.43. The van der Waals surface area contributed by atoms with E-state index in [1.54, 1.807) is 35.8 Å². The minimum absolute atomic E-state index is 0.0188. The molecule has 28 heteroatoms. The Morgan fingerprint density at radius 3 is 1.57 bits per heavy atom. The Balaban J connectivity index is 0.905. The van der Waals surface area contributed by atoms with Crippen LogP contribution in [0.5, 0.6) is 0 Å². The number of piperazine rings is 2. The van der Waals surface area contributed by atoms with E-state index in [9.17, 15) is 55.7 Å². The number of carbonyl (C=O) groups excluding carboxylic acids is 3. The summed E-state index contributed by atoms with van der Waals surface area (Å²) >= 11 is 0. The molecule has 0 saturated carbocycles. The summed E-state index contributed by atoms with van der Waals surface area (Å²) in [7, 11) is 0.845. The number of aliphatic hydroxyl groups excluding tert-OH is 1. The third-order valence-corrected chi connectivity index (χ3v) is 18.5. The maximum atomic E-state index is 16.6. The van der Waals surface area contributed by atoms with Crippen LogP contribution in [0, 0.1) is 34.3 Å². The van der Waals surface area contributed by atoms with Gasteiger partial charge in [-0.25, -0.2) is 33.3 Å². The van der Waals surface area contributed by atoms with Gasteiger partial charge in [-0.15, -0.1) is 0 Å². The number of hydrogen-bond acceptors (Lipinski definition) is 15. The summed E-state index contributed by atoms with van der Waals surface area (Å²) < 4.78 is 136. The van der Waals surface area contributed by atoms with E-state index in [4.69, 9.17) is 14.5 Å². The zero-order valence-electron chi connectivity index (χ0n) is 50.2. The van der Waals surface area contributed by atoms with Crippen molar-refractivity contribution in [3.05, 3.63) is 107 Å². The van der Waals surface area contributed by atoms with Gasteiger partial charge < -0.3 is 50.2 Å². The number of alkyl halides is 6. The summed E-state index contributed by atoms with van der Waals surface area (Å²) in [6.45, 7) is 6.22. The number of fused-ring (bicyclic) bond motifs is 4. The number of pyridine rings is 2. The van der Waals surface area contributed by atoms with E-state index in [2.05, 4.69) is 51.9 Å². The van der Waals surface area contributed by atoms with Crippen molar-refractivity contribution in [2.24, 2.45) is 10.8 Å². The third kappa shape index (κ3) is 14.2. The van der Waals surface area contributed by atoms with Gasteiger partial charge in [0.15, 0.2) is 0 Å². The fourth-order valence-corrected chi connectivity index (χ4v) is 12.9. The normalized spacial score (nSPS) is 22.1. The monoisotopic (exact) mass is 1270 g/mol. The number of hydrogen-bond donors (Lipinski definition) is 6. The van der Waals surface area contributed by atoms with E-state index < -0.39 is 108 Å². The van der Waals surface area contributed by atoms with E-state index in [0.29, 0.717) is 110 Å². The third-order valence-electron chi connectivity index (χ3n) is 18.5. The molecule has 90 heavy (non-hydrogen) atoms. The Kier molecular flexibility index (Phi) is 19.2. The number of rotatable bonds is 20. The molecule has 2 aromatic carbocycles. The molecule has 6 saturated heterocycles. The average molecular weight is 1270 g/mol. The van der Waals surface area contributed by atoms with Gasteiger partial charge in [-0.2, -0.15) is 26.3 Å². The van der Waals surface area contributed by atoms with Crippen molar-refractivity contribution >= 4 is 35.6 Å². The van der Waals surface area contributed by atoms with Gasteiger partial charge in [0, 0.05) is 98.1 Å². The number of nitrogens with zero attached hydrogens (tertiary/aromatic N) is 7. The van der Waals surface area contributed by atoms with Gasteiger partial charge in [0.1, 0.15) is 35.4 Å². The zero-order chi connectivity index (χ0) is 64.6. The summed E-state index contributed by atoms with van der Waals surface area (Å²) in [5, 5.41) is 28.2. The van der Waals surface area contributed by atoms with Gasteiger partial charge >= 0.3 is 24.5 Å². The number of ether oxygens (including phenoxy) is 3. The second-order valence-electron chi connectivity index (χ2n) is 25.2. The standard InChI is InChI=1S/C62H73F8N11O9/c1-59(2,61(65,66)67)53(75-58(87)88-5)55(83)73-49(20-36-9-6-35(7-10-36)8-11-37-12-18-51(71-23-37)77-25-40-14-15-41(26-77)80(40)44-31-89-32-44)50(82)30-79(76-56(84)54(74-57(85)86)60(3,4)62(68,69)70)29-46-47(63)21-39(22-48(46)64)38-13-19-52(72-24-38)78-27-42-16-17-43(28-78)81(42)45-33-90-34-45/h6-7,9-10,12-13,18-19,21-24,40-45,49-50,53-54,74,82H,14-17,20,25-34H2,1-5H3,(H,73,83)(H,75,87)(H,76,84)(H,85,86)/t40?,41?,42?,43?,49-,50-,53+,54+/m0/s1. The van der Waals surface area contributed by atoms with Crippen molar-refractivity contribution in [1.82, 2.24) is 46.2 Å². The van der Waals surface area contributed by atoms with Crippen molar-refractivity contribution in [1.29, 1.82) is 0 Å². The molecule has 20 nitrogen and oxygen atoms in total. The lowest BCUT2D eigenvalue weighted by molar-refractivity contribution is -0.221. The van der Waals surface area contributed by atoms with E-state index in [0.717, 1.165) is 90.1 Å². The first-order valence-corrected chi connectivity index (χ1v) is 29.8. The van der Waals surface area contributed by atoms with Crippen LogP contribution >= 0.6 is 0 Å². The molecule has 4 bridgehead atoms. The molecule has 4 unspecified atom stereocenters. The largest absolute Gasteiger partial charge is 0.465 e. The Morgan fingerprint density at radius 2 is 1.13 bits per heavy atom. The predicted octanol–water partition coefficient (Wildman–Crippen LogP) is 6.38. The molecule has 6 aliphatic heterocycles. The number of aliphatic hydroxyl groups is 1. The van der Waals surface area contributed by atoms with E-state index >= 15 is 8.78 Å². The van der Waals surface area contributed by atoms with Gasteiger partial charge in [-0.3, -0.25) is 24.8 Å². The van der Waals surface area contributed by atoms with Crippen molar-refractivity contribution in [2.75, 3.05) is 76.1 Å². The van der Waals surface area contributed by atoms with Crippen molar-refractivity contribution < 1.29 is 78.7 Å². The molecule has 0 spiro atoms. The molecule has 8 atom stereocenters. The fourth-order valence-electron chi connectivity index (χ4n) is 12.9. The molecule has 10 rings (SSSR count). The highest BCUT2D eigenvalue weighted by atomic mass is 19.4. The molecule has 2 aromatic heterocycles. The number of hydrazine groups is 1. The number of alkyl carbamates (subject to hydrolysis) is 1. The van der Waals surface area contributed by atoms with Crippen LogP contribution in [0.25, 0.3) is 11.1 Å². The molecule has 6 aliphatic rings. The minimum atomic E-state index is -5.25. The Hall–Kier alpha value is -7.42. The molecule has 0 aliphatic carbocycles. The smallest absolute Gasteiger partial charge is 0.407 e. The molecule has 4 aromatic rings. The second-order valence-corrected chi connectivity index (χ2v) is 25.2. The first kappa shape index (κ1) is 65.5. The number of halogens is 8. The lowest BCUT2D eigenvalue weighted by Crippen LogP contribution is -2.63. The zero-order valence-corrected chi connectivity index (χ0v) is 50.2. The highest BCUT2D eigenvalue weighted by molar-refractivity contribution is 5.87. The van der Waals surface area contributed by atoms with Crippen LogP contribution in [0.3, 0.4) is 0 Å². The van der Waals surface area contributed by atoms with E-state index in [-0.39, 0.29) is 5.56 Å². The molecule has 6 fully saturated rings. The molecule has 486 valence electrons. The van der Waals surface area contributed by atoms with Crippen LogP contribution in [0.2, 0.25) is 0 Å². The second kappa shape index (κ2) is 26.4. The van der Waals surface area contributed by atoms with E-state index in [1.807, 2.05) is 17.4 Å². The van der Waals surface area contributed by atoms with Gasteiger partial charge in [-0.05, 0) is 119 Å². The van der Waals surface area contributed by atoms with Gasteiger partial charge in [-0.1, -0.05) is 24.0 Å². The summed E-state index contributed by atoms with van der Waals surface area (Å²) in [5.41, 5.74) is -3.19.